The van der Waals surface area contributed by atoms with Gasteiger partial charge in [0.1, 0.15) is 17.4 Å². The highest BCUT2D eigenvalue weighted by atomic mass is 35.5. The molecule has 2 aromatic rings. The van der Waals surface area contributed by atoms with Crippen molar-refractivity contribution in [3.8, 4) is 5.75 Å². The predicted molar refractivity (Wildman–Crippen MR) is 76.6 cm³/mol. The van der Waals surface area contributed by atoms with E-state index in [1.165, 1.54) is 0 Å². The molecular weight excluding hydrogens is 262 g/mol. The van der Waals surface area contributed by atoms with Crippen molar-refractivity contribution >= 4 is 17.4 Å². The molecule has 4 nitrogen and oxygen atoms in total. The Morgan fingerprint density at radius 2 is 2.11 bits per heavy atom. The molecule has 5 heteroatoms. The van der Waals surface area contributed by atoms with Crippen molar-refractivity contribution in [1.82, 2.24) is 9.97 Å². The molecule has 0 amide bonds. The topological polar surface area (TPSA) is 58.0 Å². The molecule has 1 heterocycles. The van der Waals surface area contributed by atoms with Crippen LogP contribution in [-0.4, -0.2) is 15.1 Å². The summed E-state index contributed by atoms with van der Waals surface area (Å²) in [6.07, 6.45) is 1.72. The SMILES string of the molecule is CC(C)c1nccc(NCc2cccc(Cl)c2O)n1. The second-order valence-electron chi connectivity index (χ2n) is 4.56. The monoisotopic (exact) mass is 277 g/mol. The second kappa shape index (κ2) is 5.89. The number of para-hydroxylation sites is 1. The van der Waals surface area contributed by atoms with Crippen LogP contribution in [0.25, 0.3) is 0 Å². The molecule has 0 atom stereocenters. The highest BCUT2D eigenvalue weighted by Crippen LogP contribution is 2.27. The van der Waals surface area contributed by atoms with E-state index in [1.807, 2.05) is 19.9 Å². The number of hydrogen-bond acceptors (Lipinski definition) is 4. The molecule has 100 valence electrons. The van der Waals surface area contributed by atoms with Gasteiger partial charge < -0.3 is 10.4 Å². The second-order valence-corrected chi connectivity index (χ2v) is 4.96. The van der Waals surface area contributed by atoms with E-state index in [0.717, 1.165) is 17.2 Å². The minimum absolute atomic E-state index is 0.106. The van der Waals surface area contributed by atoms with Gasteiger partial charge >= 0.3 is 0 Å². The summed E-state index contributed by atoms with van der Waals surface area (Å²) in [6.45, 7) is 4.55. The standard InChI is InChI=1S/C14H16ClN3O/c1-9(2)14-16-7-6-12(18-14)17-8-10-4-3-5-11(15)13(10)19/h3-7,9,19H,8H2,1-2H3,(H,16,17,18). The average molecular weight is 278 g/mol. The van der Waals surface area contributed by atoms with E-state index in [4.69, 9.17) is 11.6 Å². The van der Waals surface area contributed by atoms with Gasteiger partial charge in [0, 0.05) is 24.2 Å². The van der Waals surface area contributed by atoms with Crippen LogP contribution in [0.15, 0.2) is 30.5 Å². The fraction of sp³-hybridized carbons (Fsp3) is 0.286. The van der Waals surface area contributed by atoms with Crippen molar-refractivity contribution in [2.75, 3.05) is 5.32 Å². The molecule has 0 fully saturated rings. The summed E-state index contributed by atoms with van der Waals surface area (Å²) < 4.78 is 0. The molecule has 0 aliphatic rings. The zero-order valence-corrected chi connectivity index (χ0v) is 11.6. The molecule has 1 aromatic heterocycles. The first-order valence-electron chi connectivity index (χ1n) is 6.11. The molecule has 0 saturated heterocycles. The van der Waals surface area contributed by atoms with Gasteiger partial charge in [0.05, 0.1) is 5.02 Å². The highest BCUT2D eigenvalue weighted by Gasteiger charge is 2.06. The van der Waals surface area contributed by atoms with E-state index in [0.29, 0.717) is 11.6 Å². The van der Waals surface area contributed by atoms with Crippen LogP contribution in [0.5, 0.6) is 5.75 Å². The van der Waals surface area contributed by atoms with Crippen molar-refractivity contribution in [2.45, 2.75) is 26.3 Å². The Balaban J connectivity index is 2.10. The van der Waals surface area contributed by atoms with E-state index in [-0.39, 0.29) is 11.7 Å². The number of hydrogen-bond donors (Lipinski definition) is 2. The number of benzene rings is 1. The Morgan fingerprint density at radius 1 is 1.32 bits per heavy atom. The molecule has 0 spiro atoms. The lowest BCUT2D eigenvalue weighted by Crippen LogP contribution is -2.05. The summed E-state index contributed by atoms with van der Waals surface area (Å²) in [5, 5.41) is 13.3. The van der Waals surface area contributed by atoms with E-state index in [9.17, 15) is 5.11 Å². The third kappa shape index (κ3) is 3.35. The Kier molecular flexibility index (Phi) is 4.22. The van der Waals surface area contributed by atoms with Gasteiger partial charge in [-0.05, 0) is 12.1 Å². The van der Waals surface area contributed by atoms with Crippen LogP contribution in [0.2, 0.25) is 5.02 Å². The number of nitrogens with zero attached hydrogens (tertiary/aromatic N) is 2. The zero-order chi connectivity index (χ0) is 13.8. The van der Waals surface area contributed by atoms with Crippen molar-refractivity contribution in [1.29, 1.82) is 0 Å². The van der Waals surface area contributed by atoms with Crippen LogP contribution in [0, 0.1) is 0 Å². The summed E-state index contributed by atoms with van der Waals surface area (Å²) in [7, 11) is 0. The first-order valence-corrected chi connectivity index (χ1v) is 6.49. The van der Waals surface area contributed by atoms with Crippen LogP contribution in [-0.2, 0) is 6.54 Å². The lowest BCUT2D eigenvalue weighted by molar-refractivity contribution is 0.469. The van der Waals surface area contributed by atoms with Gasteiger partial charge in [-0.25, -0.2) is 9.97 Å². The highest BCUT2D eigenvalue weighted by molar-refractivity contribution is 6.32. The summed E-state index contributed by atoms with van der Waals surface area (Å²) in [5.74, 6) is 1.91. The van der Waals surface area contributed by atoms with Crippen molar-refractivity contribution in [2.24, 2.45) is 0 Å². The molecule has 2 rings (SSSR count). The van der Waals surface area contributed by atoms with Crippen molar-refractivity contribution in [3.63, 3.8) is 0 Å². The fourth-order valence-corrected chi connectivity index (χ4v) is 1.83. The van der Waals surface area contributed by atoms with Crippen LogP contribution in [0.4, 0.5) is 5.82 Å². The van der Waals surface area contributed by atoms with Gasteiger partial charge in [-0.2, -0.15) is 0 Å². The normalized spacial score (nSPS) is 10.7. The number of halogens is 1. The summed E-state index contributed by atoms with van der Waals surface area (Å²) >= 11 is 5.86. The number of phenols is 1. The molecule has 19 heavy (non-hydrogen) atoms. The molecule has 0 radical (unpaired) electrons. The third-order valence-corrected chi connectivity index (χ3v) is 3.03. The number of nitrogens with one attached hydrogen (secondary N) is 1. The van der Waals surface area contributed by atoms with Crippen LogP contribution < -0.4 is 5.32 Å². The quantitative estimate of drug-likeness (QED) is 0.897. The van der Waals surface area contributed by atoms with E-state index >= 15 is 0 Å². The van der Waals surface area contributed by atoms with Crippen LogP contribution >= 0.6 is 11.6 Å². The van der Waals surface area contributed by atoms with Gasteiger partial charge in [-0.1, -0.05) is 37.6 Å². The molecule has 0 aliphatic heterocycles. The maximum atomic E-state index is 9.81. The summed E-state index contributed by atoms with van der Waals surface area (Å²) in [5.41, 5.74) is 0.734. The van der Waals surface area contributed by atoms with E-state index in [2.05, 4.69) is 15.3 Å². The van der Waals surface area contributed by atoms with Gasteiger partial charge in [-0.15, -0.1) is 0 Å². The number of anilines is 1. The third-order valence-electron chi connectivity index (χ3n) is 2.72. The minimum Gasteiger partial charge on any atom is -0.506 e. The fourth-order valence-electron chi connectivity index (χ4n) is 1.64. The number of phenolic OH excluding ortho intramolecular Hbond substituents is 1. The van der Waals surface area contributed by atoms with Crippen molar-refractivity contribution in [3.05, 3.63) is 46.9 Å². The predicted octanol–water partition coefficient (Wildman–Crippen LogP) is 3.57. The first-order chi connectivity index (χ1) is 9.08. The lowest BCUT2D eigenvalue weighted by atomic mass is 10.2. The average Bonchev–Trinajstić information content (AvgIpc) is 2.41. The number of aromatic nitrogens is 2. The molecule has 0 bridgehead atoms. The zero-order valence-electron chi connectivity index (χ0n) is 10.9. The van der Waals surface area contributed by atoms with E-state index < -0.39 is 0 Å². The Hall–Kier alpha value is -1.81. The molecule has 0 aliphatic carbocycles. The Bertz CT molecular complexity index is 572. The molecule has 1 aromatic carbocycles. The lowest BCUT2D eigenvalue weighted by Gasteiger charge is -2.10. The summed E-state index contributed by atoms with van der Waals surface area (Å²) in [6, 6.07) is 7.08. The maximum Gasteiger partial charge on any atom is 0.139 e. The van der Waals surface area contributed by atoms with Crippen LogP contribution in [0.3, 0.4) is 0 Å². The van der Waals surface area contributed by atoms with Crippen LogP contribution in [0.1, 0.15) is 31.2 Å². The number of aromatic hydroxyl groups is 1. The Morgan fingerprint density at radius 3 is 2.84 bits per heavy atom. The smallest absolute Gasteiger partial charge is 0.139 e. The molecule has 0 unspecified atom stereocenters. The Labute approximate surface area is 117 Å². The molecular formula is C14H16ClN3O. The van der Waals surface area contributed by atoms with Gasteiger partial charge in [0.25, 0.3) is 0 Å². The maximum absolute atomic E-state index is 9.81. The molecule has 0 saturated carbocycles. The van der Waals surface area contributed by atoms with Gasteiger partial charge in [-0.3, -0.25) is 0 Å². The largest absolute Gasteiger partial charge is 0.506 e. The van der Waals surface area contributed by atoms with E-state index in [1.54, 1.807) is 24.4 Å². The first kappa shape index (κ1) is 13.6. The van der Waals surface area contributed by atoms with Gasteiger partial charge in [0.2, 0.25) is 0 Å². The summed E-state index contributed by atoms with van der Waals surface area (Å²) in [4.78, 5) is 8.61. The molecule has 2 N–H and O–H groups in total. The van der Waals surface area contributed by atoms with Crippen molar-refractivity contribution < 1.29 is 5.11 Å². The minimum atomic E-state index is 0.106. The van der Waals surface area contributed by atoms with Gasteiger partial charge in [0.15, 0.2) is 0 Å². The number of rotatable bonds is 4.